The number of benzene rings is 1. The third-order valence-corrected chi connectivity index (χ3v) is 2.46. The molecule has 2 N–H and O–H groups in total. The summed E-state index contributed by atoms with van der Waals surface area (Å²) in [4.78, 5) is 33.3. The first-order valence-electron chi connectivity index (χ1n) is 5.77. The van der Waals surface area contributed by atoms with E-state index < -0.39 is 17.4 Å². The van der Waals surface area contributed by atoms with Crippen molar-refractivity contribution in [3.05, 3.63) is 63.6 Å². The number of carboxylic acids is 1. The lowest BCUT2D eigenvalue weighted by molar-refractivity contribution is -0.255. The van der Waals surface area contributed by atoms with Crippen LogP contribution in [0.1, 0.15) is 26.4 Å². The number of carbonyl (C=O) groups is 2. The summed E-state index contributed by atoms with van der Waals surface area (Å²) in [5, 5.41) is 20.1. The van der Waals surface area contributed by atoms with Crippen molar-refractivity contribution in [3.8, 4) is 0 Å². The quantitative estimate of drug-likeness (QED) is 0.544. The monoisotopic (exact) mass is 285 g/mol. The van der Waals surface area contributed by atoms with Gasteiger partial charge in [-0.05, 0) is 6.07 Å². The molecule has 1 aromatic carbocycles. The normalized spacial score (nSPS) is 10.5. The minimum Gasteiger partial charge on any atom is -0.545 e. The SMILES string of the molecule is O=C(N/N=C\c1ccccc1C(=O)[O-])c1ccc(=O)[nH]n1. The van der Waals surface area contributed by atoms with E-state index in [9.17, 15) is 19.5 Å². The molecule has 0 aliphatic heterocycles. The molecule has 0 saturated carbocycles. The Morgan fingerprint density at radius 1 is 1.24 bits per heavy atom. The number of rotatable bonds is 4. The number of aromatic nitrogens is 2. The van der Waals surface area contributed by atoms with Crippen molar-refractivity contribution in [2.75, 3.05) is 0 Å². The number of nitrogens with one attached hydrogen (secondary N) is 2. The van der Waals surface area contributed by atoms with Crippen LogP contribution in [0.25, 0.3) is 0 Å². The number of aromatic carboxylic acids is 1. The Kier molecular flexibility index (Phi) is 4.20. The molecule has 1 aromatic heterocycles. The second-order valence-corrected chi connectivity index (χ2v) is 3.88. The van der Waals surface area contributed by atoms with Crippen LogP contribution in [-0.2, 0) is 0 Å². The third-order valence-electron chi connectivity index (χ3n) is 2.46. The number of nitrogens with zero attached hydrogens (tertiary/aromatic N) is 2. The maximum absolute atomic E-state index is 11.6. The van der Waals surface area contributed by atoms with Crippen molar-refractivity contribution in [2.24, 2.45) is 5.10 Å². The van der Waals surface area contributed by atoms with Crippen molar-refractivity contribution in [3.63, 3.8) is 0 Å². The highest BCUT2D eigenvalue weighted by atomic mass is 16.4. The molecule has 2 rings (SSSR count). The molecular formula is C13H9N4O4-. The Bertz CT molecular complexity index is 746. The molecule has 0 bridgehead atoms. The number of aromatic amines is 1. The van der Waals surface area contributed by atoms with E-state index in [1.54, 1.807) is 12.1 Å². The van der Waals surface area contributed by atoms with Crippen molar-refractivity contribution >= 4 is 18.1 Å². The van der Waals surface area contributed by atoms with Gasteiger partial charge in [-0.15, -0.1) is 0 Å². The van der Waals surface area contributed by atoms with Gasteiger partial charge >= 0.3 is 0 Å². The fraction of sp³-hybridized carbons (Fsp3) is 0. The lowest BCUT2D eigenvalue weighted by atomic mass is 10.1. The van der Waals surface area contributed by atoms with Crippen LogP contribution in [0.5, 0.6) is 0 Å². The van der Waals surface area contributed by atoms with Gasteiger partial charge in [-0.3, -0.25) is 9.59 Å². The molecule has 0 aliphatic carbocycles. The summed E-state index contributed by atoms with van der Waals surface area (Å²) in [5.41, 5.74) is 1.95. The van der Waals surface area contributed by atoms with Crippen molar-refractivity contribution < 1.29 is 14.7 Å². The average molecular weight is 285 g/mol. The van der Waals surface area contributed by atoms with E-state index in [1.165, 1.54) is 24.4 Å². The number of hydrogen-bond donors (Lipinski definition) is 2. The zero-order chi connectivity index (χ0) is 15.2. The Morgan fingerprint density at radius 3 is 2.67 bits per heavy atom. The van der Waals surface area contributed by atoms with Crippen LogP contribution in [0.15, 0.2) is 46.3 Å². The molecule has 0 unspecified atom stereocenters. The molecule has 1 heterocycles. The molecule has 0 aliphatic rings. The molecule has 8 heteroatoms. The van der Waals surface area contributed by atoms with Crippen LogP contribution in [0.3, 0.4) is 0 Å². The lowest BCUT2D eigenvalue weighted by Crippen LogP contribution is -2.24. The molecule has 0 saturated heterocycles. The van der Waals surface area contributed by atoms with E-state index in [4.69, 9.17) is 0 Å². The number of hydrazone groups is 1. The van der Waals surface area contributed by atoms with E-state index >= 15 is 0 Å². The first-order valence-corrected chi connectivity index (χ1v) is 5.77. The minimum absolute atomic E-state index is 0.0278. The van der Waals surface area contributed by atoms with Crippen LogP contribution in [0.4, 0.5) is 0 Å². The van der Waals surface area contributed by atoms with E-state index in [-0.39, 0.29) is 16.8 Å². The van der Waals surface area contributed by atoms with E-state index in [0.717, 1.165) is 6.07 Å². The minimum atomic E-state index is -1.34. The zero-order valence-electron chi connectivity index (χ0n) is 10.6. The van der Waals surface area contributed by atoms with Gasteiger partial charge in [-0.2, -0.15) is 10.2 Å². The van der Waals surface area contributed by atoms with Gasteiger partial charge in [-0.25, -0.2) is 10.5 Å². The molecule has 0 atom stereocenters. The van der Waals surface area contributed by atoms with Crippen LogP contribution in [0, 0.1) is 0 Å². The fourth-order valence-electron chi connectivity index (χ4n) is 1.48. The number of carbonyl (C=O) groups excluding carboxylic acids is 2. The van der Waals surface area contributed by atoms with Crippen molar-refractivity contribution in [1.82, 2.24) is 15.6 Å². The van der Waals surface area contributed by atoms with Crippen LogP contribution >= 0.6 is 0 Å². The van der Waals surface area contributed by atoms with Gasteiger partial charge in [0.1, 0.15) is 0 Å². The molecule has 8 nitrogen and oxygen atoms in total. The van der Waals surface area contributed by atoms with Gasteiger partial charge in [0.05, 0.1) is 12.2 Å². The van der Waals surface area contributed by atoms with Crippen LogP contribution in [-0.4, -0.2) is 28.3 Å². The summed E-state index contributed by atoms with van der Waals surface area (Å²) in [7, 11) is 0. The highest BCUT2D eigenvalue weighted by Gasteiger charge is 2.05. The number of carboxylic acid groups (broad SMARTS) is 1. The Labute approximate surface area is 118 Å². The lowest BCUT2D eigenvalue weighted by Gasteiger charge is -2.05. The van der Waals surface area contributed by atoms with Crippen LogP contribution < -0.4 is 16.1 Å². The first kappa shape index (κ1) is 14.1. The molecule has 0 fully saturated rings. The van der Waals surface area contributed by atoms with Crippen LogP contribution in [0.2, 0.25) is 0 Å². The standard InChI is InChI=1S/C13H10N4O4/c18-11-6-5-10(15-16-11)12(19)17-14-7-8-3-1-2-4-9(8)13(20)21/h1-7H,(H,16,18)(H,17,19)(H,20,21)/p-1/b14-7-. The summed E-state index contributed by atoms with van der Waals surface area (Å²) >= 11 is 0. The predicted molar refractivity (Wildman–Crippen MR) is 70.7 cm³/mol. The predicted octanol–water partition coefficient (Wildman–Crippen LogP) is -1.10. The van der Waals surface area contributed by atoms with Gasteiger partial charge in [0.25, 0.3) is 11.5 Å². The van der Waals surface area contributed by atoms with E-state index in [0.29, 0.717) is 0 Å². The third kappa shape index (κ3) is 3.60. The summed E-state index contributed by atoms with van der Waals surface area (Å²) in [5.74, 6) is -1.99. The fourth-order valence-corrected chi connectivity index (χ4v) is 1.48. The Morgan fingerprint density at radius 2 is 2.00 bits per heavy atom. The Balaban J connectivity index is 2.09. The number of H-pyrrole nitrogens is 1. The molecule has 2 aromatic rings. The highest BCUT2D eigenvalue weighted by Crippen LogP contribution is 2.04. The smallest absolute Gasteiger partial charge is 0.291 e. The van der Waals surface area contributed by atoms with Crippen molar-refractivity contribution in [1.29, 1.82) is 0 Å². The van der Waals surface area contributed by atoms with Gasteiger partial charge in [-0.1, -0.05) is 24.3 Å². The first-order chi connectivity index (χ1) is 10.1. The molecular weight excluding hydrogens is 276 g/mol. The maximum atomic E-state index is 11.6. The molecule has 21 heavy (non-hydrogen) atoms. The summed E-state index contributed by atoms with van der Waals surface area (Å²) in [6.07, 6.45) is 1.18. The topological polar surface area (TPSA) is 127 Å². The zero-order valence-corrected chi connectivity index (χ0v) is 10.6. The molecule has 1 amide bonds. The van der Waals surface area contributed by atoms with Gasteiger partial charge in [0, 0.05) is 17.2 Å². The summed E-state index contributed by atoms with van der Waals surface area (Å²) in [6.45, 7) is 0. The Hall–Kier alpha value is -3.29. The second kappa shape index (κ2) is 6.24. The molecule has 0 radical (unpaired) electrons. The van der Waals surface area contributed by atoms with E-state index in [1.807, 2.05) is 0 Å². The van der Waals surface area contributed by atoms with Gasteiger partial charge in [0.2, 0.25) is 0 Å². The second-order valence-electron chi connectivity index (χ2n) is 3.88. The average Bonchev–Trinajstić information content (AvgIpc) is 2.48. The largest absolute Gasteiger partial charge is 0.545 e. The molecule has 0 spiro atoms. The van der Waals surface area contributed by atoms with E-state index in [2.05, 4.69) is 20.7 Å². The molecule has 106 valence electrons. The summed E-state index contributed by atoms with van der Waals surface area (Å²) in [6, 6.07) is 8.43. The summed E-state index contributed by atoms with van der Waals surface area (Å²) < 4.78 is 0. The van der Waals surface area contributed by atoms with Gasteiger partial charge in [0.15, 0.2) is 5.69 Å². The van der Waals surface area contributed by atoms with Gasteiger partial charge < -0.3 is 9.90 Å². The number of hydrogen-bond acceptors (Lipinski definition) is 6. The maximum Gasteiger partial charge on any atom is 0.291 e. The highest BCUT2D eigenvalue weighted by molar-refractivity contribution is 5.98. The number of amides is 1. The van der Waals surface area contributed by atoms with Crippen molar-refractivity contribution in [2.45, 2.75) is 0 Å².